The summed E-state index contributed by atoms with van der Waals surface area (Å²) in [5, 5.41) is 6.99. The maximum absolute atomic E-state index is 12.6. The van der Waals surface area contributed by atoms with Crippen molar-refractivity contribution < 1.29 is 17.9 Å². The summed E-state index contributed by atoms with van der Waals surface area (Å²) >= 11 is 0. The molecule has 0 spiro atoms. The molecule has 0 saturated heterocycles. The molecular formula is C19H21N5O4S. The summed E-state index contributed by atoms with van der Waals surface area (Å²) in [6.07, 6.45) is 5.14. The van der Waals surface area contributed by atoms with E-state index in [0.29, 0.717) is 12.4 Å². The second kappa shape index (κ2) is 8.41. The van der Waals surface area contributed by atoms with E-state index in [-0.39, 0.29) is 16.2 Å². The van der Waals surface area contributed by atoms with Crippen LogP contribution in [0.25, 0.3) is 0 Å². The second-order valence-electron chi connectivity index (χ2n) is 6.36. The average Bonchev–Trinajstić information content (AvgIpc) is 3.14. The van der Waals surface area contributed by atoms with Gasteiger partial charge in [0, 0.05) is 44.3 Å². The van der Waals surface area contributed by atoms with E-state index in [1.54, 1.807) is 29.3 Å². The van der Waals surface area contributed by atoms with Gasteiger partial charge in [0.25, 0.3) is 5.91 Å². The molecule has 152 valence electrons. The molecule has 0 saturated carbocycles. The zero-order chi connectivity index (χ0) is 21.0. The van der Waals surface area contributed by atoms with Crippen molar-refractivity contribution >= 4 is 21.7 Å². The standard InChI is InChI=1S/C19H21N5O4S/c1-23(2)29(26,27)17-12-15(4-5-16(17)28-3)19(25)21-18-8-11-24(22-18)13-14-6-9-20-10-7-14/h4-12H,13H2,1-3H3,(H,21,22,25). The number of carbonyl (C=O) groups is 1. The van der Waals surface area contributed by atoms with Crippen LogP contribution in [0.3, 0.4) is 0 Å². The lowest BCUT2D eigenvalue weighted by atomic mass is 10.2. The molecule has 9 nitrogen and oxygen atoms in total. The van der Waals surface area contributed by atoms with E-state index in [1.165, 1.54) is 39.4 Å². The van der Waals surface area contributed by atoms with Gasteiger partial charge in [-0.25, -0.2) is 12.7 Å². The second-order valence-corrected chi connectivity index (χ2v) is 8.48. The third-order valence-electron chi connectivity index (χ3n) is 4.16. The number of aromatic nitrogens is 3. The summed E-state index contributed by atoms with van der Waals surface area (Å²) in [6, 6.07) is 9.66. The van der Waals surface area contributed by atoms with Crippen LogP contribution in [0.15, 0.2) is 59.9 Å². The molecule has 1 aromatic carbocycles. The van der Waals surface area contributed by atoms with Gasteiger partial charge in [0.2, 0.25) is 10.0 Å². The topological polar surface area (TPSA) is 106 Å². The summed E-state index contributed by atoms with van der Waals surface area (Å²) in [7, 11) is 0.426. The first-order chi connectivity index (χ1) is 13.8. The van der Waals surface area contributed by atoms with E-state index in [2.05, 4.69) is 15.4 Å². The van der Waals surface area contributed by atoms with Crippen molar-refractivity contribution in [3.8, 4) is 5.75 Å². The highest BCUT2D eigenvalue weighted by atomic mass is 32.2. The average molecular weight is 415 g/mol. The molecular weight excluding hydrogens is 394 g/mol. The number of hydrogen-bond acceptors (Lipinski definition) is 6. The number of methoxy groups -OCH3 is 1. The molecule has 0 unspecified atom stereocenters. The Balaban J connectivity index is 1.79. The highest BCUT2D eigenvalue weighted by Crippen LogP contribution is 2.27. The first-order valence-corrected chi connectivity index (χ1v) is 10.1. The van der Waals surface area contributed by atoms with Crippen LogP contribution in [0.2, 0.25) is 0 Å². The van der Waals surface area contributed by atoms with Crippen molar-refractivity contribution in [1.29, 1.82) is 0 Å². The molecule has 2 heterocycles. The van der Waals surface area contributed by atoms with Gasteiger partial charge in [-0.15, -0.1) is 0 Å². The molecule has 3 rings (SSSR count). The monoisotopic (exact) mass is 415 g/mol. The molecule has 0 bridgehead atoms. The Kier molecular flexibility index (Phi) is 5.95. The van der Waals surface area contributed by atoms with E-state index < -0.39 is 15.9 Å². The summed E-state index contributed by atoms with van der Waals surface area (Å²) in [6.45, 7) is 0.534. The lowest BCUT2D eigenvalue weighted by Gasteiger charge is -2.15. The lowest BCUT2D eigenvalue weighted by molar-refractivity contribution is 0.102. The van der Waals surface area contributed by atoms with Crippen molar-refractivity contribution in [1.82, 2.24) is 19.1 Å². The molecule has 29 heavy (non-hydrogen) atoms. The first-order valence-electron chi connectivity index (χ1n) is 8.65. The number of sulfonamides is 1. The van der Waals surface area contributed by atoms with Gasteiger partial charge in [0.1, 0.15) is 10.6 Å². The number of amides is 1. The minimum Gasteiger partial charge on any atom is -0.495 e. The van der Waals surface area contributed by atoms with Crippen LogP contribution in [0.1, 0.15) is 15.9 Å². The maximum Gasteiger partial charge on any atom is 0.256 e. The number of anilines is 1. The highest BCUT2D eigenvalue weighted by molar-refractivity contribution is 7.89. The Morgan fingerprint density at radius 1 is 1.17 bits per heavy atom. The number of nitrogens with one attached hydrogen (secondary N) is 1. The number of nitrogens with zero attached hydrogens (tertiary/aromatic N) is 4. The van der Waals surface area contributed by atoms with Gasteiger partial charge in [-0.05, 0) is 35.9 Å². The summed E-state index contributed by atoms with van der Waals surface area (Å²) in [4.78, 5) is 16.5. The normalized spacial score (nSPS) is 11.4. The summed E-state index contributed by atoms with van der Waals surface area (Å²) in [5.41, 5.74) is 1.20. The van der Waals surface area contributed by atoms with Gasteiger partial charge in [-0.2, -0.15) is 5.10 Å². The summed E-state index contributed by atoms with van der Waals surface area (Å²) in [5.74, 6) is 0.0470. The third-order valence-corrected chi connectivity index (χ3v) is 6.00. The fraction of sp³-hybridized carbons (Fsp3) is 0.211. The van der Waals surface area contributed by atoms with Crippen molar-refractivity contribution in [3.63, 3.8) is 0 Å². The number of pyridine rings is 1. The number of ether oxygens (including phenoxy) is 1. The lowest BCUT2D eigenvalue weighted by Crippen LogP contribution is -2.23. The first kappa shape index (κ1) is 20.5. The molecule has 2 aromatic heterocycles. The molecule has 0 radical (unpaired) electrons. The van der Waals surface area contributed by atoms with Gasteiger partial charge < -0.3 is 10.1 Å². The predicted octanol–water partition coefficient (Wildman–Crippen LogP) is 1.84. The van der Waals surface area contributed by atoms with E-state index >= 15 is 0 Å². The van der Waals surface area contributed by atoms with Gasteiger partial charge >= 0.3 is 0 Å². The fourth-order valence-electron chi connectivity index (χ4n) is 2.60. The highest BCUT2D eigenvalue weighted by Gasteiger charge is 2.24. The molecule has 0 aliphatic rings. The van der Waals surface area contributed by atoms with Crippen molar-refractivity contribution in [2.24, 2.45) is 0 Å². The maximum atomic E-state index is 12.6. The molecule has 0 atom stereocenters. The predicted molar refractivity (Wildman–Crippen MR) is 107 cm³/mol. The van der Waals surface area contributed by atoms with Crippen LogP contribution in [-0.2, 0) is 16.6 Å². The van der Waals surface area contributed by atoms with Gasteiger partial charge in [-0.1, -0.05) is 0 Å². The number of carbonyl (C=O) groups excluding carboxylic acids is 1. The zero-order valence-corrected chi connectivity index (χ0v) is 17.0. The number of rotatable bonds is 7. The largest absolute Gasteiger partial charge is 0.495 e. The third kappa shape index (κ3) is 4.61. The molecule has 1 amide bonds. The van der Waals surface area contributed by atoms with E-state index in [0.717, 1.165) is 9.87 Å². The minimum atomic E-state index is -3.78. The summed E-state index contributed by atoms with van der Waals surface area (Å²) < 4.78 is 32.9. The van der Waals surface area contributed by atoms with Gasteiger partial charge in [-0.3, -0.25) is 14.5 Å². The quantitative estimate of drug-likeness (QED) is 0.631. The van der Waals surface area contributed by atoms with Crippen LogP contribution < -0.4 is 10.1 Å². The Morgan fingerprint density at radius 3 is 2.55 bits per heavy atom. The smallest absolute Gasteiger partial charge is 0.256 e. The minimum absolute atomic E-state index is 0.0825. The molecule has 1 N–H and O–H groups in total. The molecule has 0 aliphatic heterocycles. The Labute approximate surface area is 169 Å². The molecule has 3 aromatic rings. The molecule has 10 heteroatoms. The molecule has 0 aliphatic carbocycles. The van der Waals surface area contributed by atoms with Crippen molar-refractivity contribution in [2.75, 3.05) is 26.5 Å². The van der Waals surface area contributed by atoms with Gasteiger partial charge in [0.15, 0.2) is 5.82 Å². The van der Waals surface area contributed by atoms with E-state index in [4.69, 9.17) is 4.74 Å². The van der Waals surface area contributed by atoms with E-state index in [9.17, 15) is 13.2 Å². The Bertz CT molecular complexity index is 1110. The van der Waals surface area contributed by atoms with Crippen LogP contribution >= 0.6 is 0 Å². The SMILES string of the molecule is COc1ccc(C(=O)Nc2ccn(Cc3ccncc3)n2)cc1S(=O)(=O)N(C)C. The Morgan fingerprint density at radius 2 is 1.90 bits per heavy atom. The van der Waals surface area contributed by atoms with Crippen LogP contribution in [-0.4, -0.2) is 54.6 Å². The van der Waals surface area contributed by atoms with Crippen LogP contribution in [0.5, 0.6) is 5.75 Å². The van der Waals surface area contributed by atoms with Crippen molar-refractivity contribution in [2.45, 2.75) is 11.4 Å². The Hall–Kier alpha value is -3.24. The number of hydrogen-bond donors (Lipinski definition) is 1. The van der Waals surface area contributed by atoms with Crippen LogP contribution in [0.4, 0.5) is 5.82 Å². The van der Waals surface area contributed by atoms with Gasteiger partial charge in [0.05, 0.1) is 13.7 Å². The van der Waals surface area contributed by atoms with E-state index in [1.807, 2.05) is 12.1 Å². The zero-order valence-electron chi connectivity index (χ0n) is 16.2. The fourth-order valence-corrected chi connectivity index (χ4v) is 3.67. The number of benzene rings is 1. The van der Waals surface area contributed by atoms with Crippen molar-refractivity contribution in [3.05, 3.63) is 66.1 Å². The molecule has 0 fully saturated rings. The van der Waals surface area contributed by atoms with Crippen LogP contribution in [0, 0.1) is 0 Å².